The first-order valence-electron chi connectivity index (χ1n) is 7.55. The molecule has 2 N–H and O–H groups in total. The van der Waals surface area contributed by atoms with Crippen molar-refractivity contribution in [1.29, 1.82) is 0 Å². The SMILES string of the molecule is O=C(CCc1c[nH]c2ccccc12)NCC1CCS(=O)(=O)C1. The van der Waals surface area contributed by atoms with Crippen molar-refractivity contribution < 1.29 is 13.2 Å². The van der Waals surface area contributed by atoms with Crippen molar-refractivity contribution in [1.82, 2.24) is 10.3 Å². The van der Waals surface area contributed by atoms with Gasteiger partial charge in [0.15, 0.2) is 9.84 Å². The van der Waals surface area contributed by atoms with Crippen molar-refractivity contribution in [2.75, 3.05) is 18.1 Å². The molecule has 0 bridgehead atoms. The summed E-state index contributed by atoms with van der Waals surface area (Å²) in [7, 11) is -2.87. The molecule has 0 radical (unpaired) electrons. The quantitative estimate of drug-likeness (QED) is 0.879. The van der Waals surface area contributed by atoms with E-state index in [0.29, 0.717) is 25.8 Å². The van der Waals surface area contributed by atoms with Crippen molar-refractivity contribution in [2.45, 2.75) is 19.3 Å². The van der Waals surface area contributed by atoms with E-state index in [1.54, 1.807) is 0 Å². The van der Waals surface area contributed by atoms with Gasteiger partial charge in [-0.05, 0) is 30.4 Å². The number of hydrogen-bond donors (Lipinski definition) is 2. The van der Waals surface area contributed by atoms with Crippen LogP contribution in [0.3, 0.4) is 0 Å². The molecule has 1 fully saturated rings. The molecule has 0 spiro atoms. The molecule has 2 aromatic rings. The fourth-order valence-corrected chi connectivity index (χ4v) is 4.83. The number of carbonyl (C=O) groups excluding carboxylic acids is 1. The summed E-state index contributed by atoms with van der Waals surface area (Å²) in [5.41, 5.74) is 2.21. The van der Waals surface area contributed by atoms with E-state index in [-0.39, 0.29) is 23.3 Å². The number of benzene rings is 1. The lowest BCUT2D eigenvalue weighted by molar-refractivity contribution is -0.121. The lowest BCUT2D eigenvalue weighted by atomic mass is 10.1. The van der Waals surface area contributed by atoms with Gasteiger partial charge in [-0.1, -0.05) is 18.2 Å². The summed E-state index contributed by atoms with van der Waals surface area (Å²) in [6, 6.07) is 8.02. The standard InChI is InChI=1S/C16H20N2O3S/c19-16(18-9-12-7-8-22(20,21)11-12)6-5-13-10-17-15-4-2-1-3-14(13)15/h1-4,10,12,17H,5-9,11H2,(H,18,19). The first kappa shape index (κ1) is 15.1. The first-order chi connectivity index (χ1) is 10.5. The molecular weight excluding hydrogens is 300 g/mol. The molecule has 2 heterocycles. The molecule has 118 valence electrons. The fourth-order valence-electron chi connectivity index (χ4n) is 2.97. The number of rotatable bonds is 5. The second kappa shape index (κ2) is 6.12. The molecule has 1 aromatic carbocycles. The maximum atomic E-state index is 11.9. The van der Waals surface area contributed by atoms with Gasteiger partial charge in [-0.25, -0.2) is 8.42 Å². The third-order valence-corrected chi connectivity index (χ3v) is 6.05. The zero-order chi connectivity index (χ0) is 15.6. The maximum absolute atomic E-state index is 11.9. The van der Waals surface area contributed by atoms with Gasteiger partial charge in [-0.3, -0.25) is 4.79 Å². The summed E-state index contributed by atoms with van der Waals surface area (Å²) in [5, 5.41) is 4.01. The second-order valence-corrected chi connectivity index (χ2v) is 8.16. The summed E-state index contributed by atoms with van der Waals surface area (Å²) in [6.07, 6.45) is 3.70. The number of H-pyrrole nitrogens is 1. The molecule has 1 unspecified atom stereocenters. The highest BCUT2D eigenvalue weighted by Gasteiger charge is 2.27. The van der Waals surface area contributed by atoms with Gasteiger partial charge in [0.2, 0.25) is 5.91 Å². The molecular formula is C16H20N2O3S. The smallest absolute Gasteiger partial charge is 0.220 e. The number of fused-ring (bicyclic) bond motifs is 1. The molecule has 1 atom stereocenters. The number of sulfone groups is 1. The van der Waals surface area contributed by atoms with Crippen LogP contribution in [-0.4, -0.2) is 37.4 Å². The Hall–Kier alpha value is -1.82. The third kappa shape index (κ3) is 3.50. The number of amides is 1. The Balaban J connectivity index is 1.48. The zero-order valence-corrected chi connectivity index (χ0v) is 13.2. The summed E-state index contributed by atoms with van der Waals surface area (Å²) < 4.78 is 22.8. The van der Waals surface area contributed by atoms with Gasteiger partial charge >= 0.3 is 0 Å². The van der Waals surface area contributed by atoms with Gasteiger partial charge in [-0.15, -0.1) is 0 Å². The van der Waals surface area contributed by atoms with Gasteiger partial charge in [0, 0.05) is 30.1 Å². The summed E-state index contributed by atoms with van der Waals surface area (Å²) in [5.74, 6) is 0.509. The molecule has 1 aromatic heterocycles. The highest BCUT2D eigenvalue weighted by atomic mass is 32.2. The molecule has 1 aliphatic heterocycles. The highest BCUT2D eigenvalue weighted by Crippen LogP contribution is 2.19. The van der Waals surface area contributed by atoms with Gasteiger partial charge in [0.05, 0.1) is 11.5 Å². The van der Waals surface area contributed by atoms with Crippen LogP contribution in [0.4, 0.5) is 0 Å². The largest absolute Gasteiger partial charge is 0.361 e. The number of nitrogens with one attached hydrogen (secondary N) is 2. The van der Waals surface area contributed by atoms with Gasteiger partial charge in [0.25, 0.3) is 0 Å². The minimum absolute atomic E-state index is 0.0189. The molecule has 0 aliphatic carbocycles. The second-order valence-electron chi connectivity index (χ2n) is 5.93. The lowest BCUT2D eigenvalue weighted by Crippen LogP contribution is -2.29. The van der Waals surface area contributed by atoms with E-state index in [1.165, 1.54) is 0 Å². The van der Waals surface area contributed by atoms with Crippen LogP contribution in [0.5, 0.6) is 0 Å². The Morgan fingerprint density at radius 3 is 2.91 bits per heavy atom. The van der Waals surface area contributed by atoms with Crippen LogP contribution in [0, 0.1) is 5.92 Å². The van der Waals surface area contributed by atoms with Crippen molar-refractivity contribution >= 4 is 26.6 Å². The highest BCUT2D eigenvalue weighted by molar-refractivity contribution is 7.91. The Morgan fingerprint density at radius 2 is 2.14 bits per heavy atom. The average Bonchev–Trinajstić information content (AvgIpc) is 3.06. The Labute approximate surface area is 130 Å². The van der Waals surface area contributed by atoms with Crippen molar-refractivity contribution in [2.24, 2.45) is 5.92 Å². The van der Waals surface area contributed by atoms with E-state index in [4.69, 9.17) is 0 Å². The van der Waals surface area contributed by atoms with E-state index in [9.17, 15) is 13.2 Å². The topological polar surface area (TPSA) is 79.0 Å². The third-order valence-electron chi connectivity index (χ3n) is 4.21. The van der Waals surface area contributed by atoms with Crippen LogP contribution in [0.25, 0.3) is 10.9 Å². The first-order valence-corrected chi connectivity index (χ1v) is 9.38. The Bertz CT molecular complexity index is 780. The number of para-hydroxylation sites is 1. The van der Waals surface area contributed by atoms with Gasteiger partial charge in [0.1, 0.15) is 0 Å². The van der Waals surface area contributed by atoms with E-state index in [2.05, 4.69) is 10.3 Å². The van der Waals surface area contributed by atoms with Crippen LogP contribution in [-0.2, 0) is 21.1 Å². The molecule has 6 heteroatoms. The number of aromatic amines is 1. The average molecular weight is 320 g/mol. The molecule has 22 heavy (non-hydrogen) atoms. The summed E-state index contributed by atoms with van der Waals surface area (Å²) >= 11 is 0. The molecule has 0 saturated carbocycles. The molecule has 1 saturated heterocycles. The monoisotopic (exact) mass is 320 g/mol. The minimum Gasteiger partial charge on any atom is -0.361 e. The van der Waals surface area contributed by atoms with Crippen LogP contribution in [0.2, 0.25) is 0 Å². The van der Waals surface area contributed by atoms with E-state index in [1.807, 2.05) is 30.5 Å². The van der Waals surface area contributed by atoms with Crippen LogP contribution in [0.1, 0.15) is 18.4 Å². The zero-order valence-electron chi connectivity index (χ0n) is 12.3. The van der Waals surface area contributed by atoms with Crippen LogP contribution >= 0.6 is 0 Å². The van der Waals surface area contributed by atoms with Crippen LogP contribution < -0.4 is 5.32 Å². The van der Waals surface area contributed by atoms with Crippen LogP contribution in [0.15, 0.2) is 30.5 Å². The number of aromatic nitrogens is 1. The molecule has 5 nitrogen and oxygen atoms in total. The predicted octanol–water partition coefficient (Wildman–Crippen LogP) is 1.65. The number of hydrogen-bond acceptors (Lipinski definition) is 3. The van der Waals surface area contributed by atoms with Crippen molar-refractivity contribution in [3.8, 4) is 0 Å². The number of carbonyl (C=O) groups is 1. The molecule has 3 rings (SSSR count). The Kier molecular flexibility index (Phi) is 4.20. The molecule has 1 aliphatic rings. The fraction of sp³-hybridized carbons (Fsp3) is 0.438. The molecule has 1 amide bonds. The van der Waals surface area contributed by atoms with Crippen molar-refractivity contribution in [3.63, 3.8) is 0 Å². The van der Waals surface area contributed by atoms with E-state index < -0.39 is 9.84 Å². The normalized spacial score (nSPS) is 20.3. The summed E-state index contributed by atoms with van der Waals surface area (Å²) in [6.45, 7) is 0.464. The van der Waals surface area contributed by atoms with Gasteiger partial charge < -0.3 is 10.3 Å². The van der Waals surface area contributed by atoms with Crippen molar-refractivity contribution in [3.05, 3.63) is 36.0 Å². The summed E-state index contributed by atoms with van der Waals surface area (Å²) in [4.78, 5) is 15.1. The predicted molar refractivity (Wildman–Crippen MR) is 86.4 cm³/mol. The van der Waals surface area contributed by atoms with E-state index >= 15 is 0 Å². The Morgan fingerprint density at radius 1 is 1.32 bits per heavy atom. The van der Waals surface area contributed by atoms with E-state index in [0.717, 1.165) is 16.5 Å². The minimum atomic E-state index is -2.87. The maximum Gasteiger partial charge on any atom is 0.220 e. The lowest BCUT2D eigenvalue weighted by Gasteiger charge is -2.09. The number of aryl methyl sites for hydroxylation is 1. The van der Waals surface area contributed by atoms with Gasteiger partial charge in [-0.2, -0.15) is 0 Å².